The highest BCUT2D eigenvalue weighted by atomic mass is 35.5. The predicted molar refractivity (Wildman–Crippen MR) is 106 cm³/mol. The molecule has 0 heterocycles. The summed E-state index contributed by atoms with van der Waals surface area (Å²) < 4.78 is 18.2. The van der Waals surface area contributed by atoms with Gasteiger partial charge in [-0.15, -0.1) is 0 Å². The van der Waals surface area contributed by atoms with E-state index in [1.165, 1.54) is 18.2 Å². The molecule has 0 fully saturated rings. The molecular weight excluding hydrogens is 391 g/mol. The third kappa shape index (κ3) is 7.72. The molecule has 0 saturated carbocycles. The predicted octanol–water partition coefficient (Wildman–Crippen LogP) is 3.86. The number of nitrogens with one attached hydrogen (secondary N) is 2. The lowest BCUT2D eigenvalue weighted by Crippen LogP contribution is -2.34. The summed E-state index contributed by atoms with van der Waals surface area (Å²) in [5.74, 6) is -1.44. The van der Waals surface area contributed by atoms with Crippen molar-refractivity contribution in [2.75, 3.05) is 11.9 Å². The Morgan fingerprint density at radius 3 is 2.56 bits per heavy atom. The molecule has 5 nitrogen and oxygen atoms in total. The molecule has 27 heavy (non-hydrogen) atoms. The Kier molecular flexibility index (Phi) is 8.16. The van der Waals surface area contributed by atoms with Crippen LogP contribution in [0, 0.1) is 5.82 Å². The van der Waals surface area contributed by atoms with Gasteiger partial charge in [0.2, 0.25) is 5.91 Å². The van der Waals surface area contributed by atoms with Crippen LogP contribution in [0.4, 0.5) is 10.1 Å². The van der Waals surface area contributed by atoms with Gasteiger partial charge >= 0.3 is 5.97 Å². The van der Waals surface area contributed by atoms with E-state index in [0.29, 0.717) is 12.1 Å². The Bertz CT molecular complexity index is 818. The van der Waals surface area contributed by atoms with Gasteiger partial charge in [0, 0.05) is 18.5 Å². The van der Waals surface area contributed by atoms with Gasteiger partial charge in [0.1, 0.15) is 5.82 Å². The van der Waals surface area contributed by atoms with Gasteiger partial charge in [-0.2, -0.15) is 0 Å². The number of carbonyl (C=O) groups excluding carboxylic acids is 2. The number of rotatable bonds is 7. The molecule has 0 atom stereocenters. The van der Waals surface area contributed by atoms with E-state index in [1.54, 1.807) is 0 Å². The number of halogens is 2. The first kappa shape index (κ1) is 20.8. The van der Waals surface area contributed by atoms with Gasteiger partial charge in [0.25, 0.3) is 0 Å². The summed E-state index contributed by atoms with van der Waals surface area (Å²) in [6, 6.07) is 13.6. The van der Waals surface area contributed by atoms with Crippen LogP contribution in [0.15, 0.2) is 48.5 Å². The molecule has 0 aromatic heterocycles. The van der Waals surface area contributed by atoms with E-state index in [1.807, 2.05) is 30.3 Å². The largest absolute Gasteiger partial charge is 0.465 e. The molecule has 0 saturated heterocycles. The minimum absolute atomic E-state index is 0.0279. The zero-order chi connectivity index (χ0) is 19.6. The van der Waals surface area contributed by atoms with Crippen molar-refractivity contribution >= 4 is 46.5 Å². The van der Waals surface area contributed by atoms with Crippen LogP contribution >= 0.6 is 23.8 Å². The number of ether oxygens (including phenoxy) is 1. The highest BCUT2D eigenvalue weighted by Crippen LogP contribution is 2.19. The quantitative estimate of drug-likeness (QED) is 0.538. The number of carbonyl (C=O) groups is 2. The lowest BCUT2D eigenvalue weighted by atomic mass is 10.2. The summed E-state index contributed by atoms with van der Waals surface area (Å²) in [6.07, 6.45) is 0.509. The molecule has 2 rings (SSSR count). The van der Waals surface area contributed by atoms with Crippen molar-refractivity contribution in [3.63, 3.8) is 0 Å². The van der Waals surface area contributed by atoms with Crippen molar-refractivity contribution in [1.29, 1.82) is 0 Å². The van der Waals surface area contributed by atoms with Gasteiger partial charge in [-0.1, -0.05) is 41.9 Å². The second kappa shape index (κ2) is 10.6. The lowest BCUT2D eigenvalue weighted by molar-refractivity contribution is -0.144. The van der Waals surface area contributed by atoms with Crippen LogP contribution in [0.5, 0.6) is 0 Å². The van der Waals surface area contributed by atoms with Gasteiger partial charge in [0.15, 0.2) is 5.11 Å². The van der Waals surface area contributed by atoms with Crippen molar-refractivity contribution < 1.29 is 18.7 Å². The van der Waals surface area contributed by atoms with Crippen LogP contribution in [0.25, 0.3) is 0 Å². The Labute approximate surface area is 166 Å². The third-order valence-electron chi connectivity index (χ3n) is 3.48. The molecule has 1 amide bonds. The second-order valence-corrected chi connectivity index (χ2v) is 6.40. The van der Waals surface area contributed by atoms with Crippen LogP contribution in [0.1, 0.15) is 18.4 Å². The van der Waals surface area contributed by atoms with Gasteiger partial charge in [-0.05, 0) is 36.0 Å². The monoisotopic (exact) mass is 408 g/mol. The van der Waals surface area contributed by atoms with E-state index in [2.05, 4.69) is 10.6 Å². The Balaban J connectivity index is 1.65. The number of esters is 1. The first-order valence-electron chi connectivity index (χ1n) is 8.19. The Morgan fingerprint density at radius 1 is 1.11 bits per heavy atom. The highest BCUT2D eigenvalue weighted by Gasteiger charge is 2.10. The minimum Gasteiger partial charge on any atom is -0.465 e. The number of benzene rings is 2. The maximum Gasteiger partial charge on any atom is 0.306 e. The first-order valence-corrected chi connectivity index (χ1v) is 8.98. The molecule has 2 N–H and O–H groups in total. The Morgan fingerprint density at radius 2 is 1.85 bits per heavy atom. The molecule has 8 heteroatoms. The normalized spacial score (nSPS) is 10.1. The summed E-state index contributed by atoms with van der Waals surface area (Å²) in [6.45, 7) is 0.260. The lowest BCUT2D eigenvalue weighted by Gasteiger charge is -2.10. The second-order valence-electron chi connectivity index (χ2n) is 5.59. The van der Waals surface area contributed by atoms with Crippen LogP contribution in [-0.2, 0) is 20.7 Å². The maximum atomic E-state index is 13.1. The molecule has 0 unspecified atom stereocenters. The summed E-state index contributed by atoms with van der Waals surface area (Å²) >= 11 is 10.7. The van der Waals surface area contributed by atoms with Gasteiger partial charge < -0.3 is 15.4 Å². The molecule has 2 aromatic rings. The number of amides is 1. The molecule has 0 aliphatic rings. The smallest absolute Gasteiger partial charge is 0.306 e. The van der Waals surface area contributed by atoms with Crippen LogP contribution in [0.3, 0.4) is 0 Å². The number of anilines is 1. The van der Waals surface area contributed by atoms with Crippen LogP contribution < -0.4 is 10.6 Å². The highest BCUT2D eigenvalue weighted by molar-refractivity contribution is 7.80. The number of thiocarbonyl (C=S) groups is 1. The number of hydrogen-bond acceptors (Lipinski definition) is 4. The molecular formula is C19H18ClFN2O3S. The van der Waals surface area contributed by atoms with Crippen molar-refractivity contribution in [3.8, 4) is 0 Å². The summed E-state index contributed by atoms with van der Waals surface area (Å²) in [7, 11) is 0. The first-order chi connectivity index (χ1) is 12.9. The fourth-order valence-corrected chi connectivity index (χ4v) is 2.55. The molecule has 0 aliphatic heterocycles. The minimum atomic E-state index is -0.553. The standard InChI is InChI=1S/C19H18ClFN2O3S/c20-15-12-14(6-7-16(15)21)22-19(27)23-17(24)8-9-18(25)26-11-10-13-4-2-1-3-5-13/h1-7,12H,8-11H2,(H2,22,23,24,27). The van der Waals surface area contributed by atoms with E-state index in [9.17, 15) is 14.0 Å². The van der Waals surface area contributed by atoms with E-state index in [4.69, 9.17) is 28.6 Å². The fraction of sp³-hybridized carbons (Fsp3) is 0.211. The molecule has 0 aliphatic carbocycles. The Hall–Kier alpha value is -2.51. The molecule has 0 spiro atoms. The summed E-state index contributed by atoms with van der Waals surface area (Å²) in [5, 5.41) is 5.12. The van der Waals surface area contributed by atoms with Gasteiger partial charge in [0.05, 0.1) is 18.1 Å². The van der Waals surface area contributed by atoms with Crippen molar-refractivity contribution in [3.05, 3.63) is 64.9 Å². The van der Waals surface area contributed by atoms with Crippen LogP contribution in [0.2, 0.25) is 5.02 Å². The van der Waals surface area contributed by atoms with Crippen LogP contribution in [-0.4, -0.2) is 23.6 Å². The topological polar surface area (TPSA) is 67.4 Å². The average molecular weight is 409 g/mol. The zero-order valence-corrected chi connectivity index (χ0v) is 15.9. The third-order valence-corrected chi connectivity index (χ3v) is 3.98. The maximum absolute atomic E-state index is 13.1. The number of hydrogen-bond donors (Lipinski definition) is 2. The average Bonchev–Trinajstić information content (AvgIpc) is 2.64. The molecule has 2 aromatic carbocycles. The van der Waals surface area contributed by atoms with E-state index >= 15 is 0 Å². The molecule has 0 radical (unpaired) electrons. The van der Waals surface area contributed by atoms with Crippen molar-refractivity contribution in [2.24, 2.45) is 0 Å². The SMILES string of the molecule is O=C(CCC(=O)OCCc1ccccc1)NC(=S)Nc1ccc(F)c(Cl)c1. The van der Waals surface area contributed by atoms with Crippen molar-refractivity contribution in [1.82, 2.24) is 5.32 Å². The summed E-state index contributed by atoms with van der Waals surface area (Å²) in [4.78, 5) is 23.5. The van der Waals surface area contributed by atoms with Gasteiger partial charge in [-0.25, -0.2) is 4.39 Å². The van der Waals surface area contributed by atoms with E-state index in [-0.39, 0.29) is 29.6 Å². The van der Waals surface area contributed by atoms with E-state index < -0.39 is 17.7 Å². The van der Waals surface area contributed by atoms with Gasteiger partial charge in [-0.3, -0.25) is 9.59 Å². The zero-order valence-electron chi connectivity index (χ0n) is 14.3. The van der Waals surface area contributed by atoms with Crippen molar-refractivity contribution in [2.45, 2.75) is 19.3 Å². The molecule has 142 valence electrons. The fourth-order valence-electron chi connectivity index (χ4n) is 2.14. The molecule has 0 bridgehead atoms. The summed E-state index contributed by atoms with van der Waals surface area (Å²) in [5.41, 5.74) is 1.51. The van der Waals surface area contributed by atoms with E-state index in [0.717, 1.165) is 5.56 Å².